The van der Waals surface area contributed by atoms with E-state index in [4.69, 9.17) is 6.57 Å². The topological polar surface area (TPSA) is 24.6 Å². The number of hydrogen-bond donors (Lipinski definition) is 1. The van der Waals surface area contributed by atoms with Crippen LogP contribution < -0.4 is 0 Å². The third-order valence-electron chi connectivity index (χ3n) is 9.85. The van der Waals surface area contributed by atoms with Gasteiger partial charge in [0.2, 0.25) is 0 Å². The van der Waals surface area contributed by atoms with E-state index < -0.39 is 0 Å². The first kappa shape index (κ1) is 18.5. The van der Waals surface area contributed by atoms with Crippen LogP contribution in [0.4, 0.5) is 0 Å². The van der Waals surface area contributed by atoms with E-state index in [0.717, 1.165) is 35.8 Å². The van der Waals surface area contributed by atoms with Crippen molar-refractivity contribution in [1.29, 1.82) is 0 Å². The molecule has 0 unspecified atom stereocenters. The van der Waals surface area contributed by atoms with Crippen LogP contribution in [-0.2, 0) is 0 Å². The van der Waals surface area contributed by atoms with Gasteiger partial charge in [0.05, 0.1) is 6.57 Å². The molecular formula is C24H37NO. The summed E-state index contributed by atoms with van der Waals surface area (Å²) in [5.74, 6) is 4.54. The molecule has 0 saturated heterocycles. The molecule has 0 spiro atoms. The molecule has 0 bridgehead atoms. The Kier molecular flexibility index (Phi) is 4.54. The van der Waals surface area contributed by atoms with E-state index in [9.17, 15) is 5.11 Å². The smallest absolute Gasteiger partial charge is 0.162 e. The van der Waals surface area contributed by atoms with Crippen molar-refractivity contribution < 1.29 is 5.11 Å². The zero-order chi connectivity index (χ0) is 18.7. The Bertz CT molecular complexity index is 645. The van der Waals surface area contributed by atoms with Gasteiger partial charge in [-0.1, -0.05) is 26.3 Å². The second-order valence-corrected chi connectivity index (χ2v) is 10.7. The van der Waals surface area contributed by atoms with E-state index in [2.05, 4.69) is 32.5 Å². The predicted molar refractivity (Wildman–Crippen MR) is 106 cm³/mol. The molecule has 0 amide bonds. The molecule has 2 nitrogen and oxygen atoms in total. The molecule has 4 aliphatic rings. The summed E-state index contributed by atoms with van der Waals surface area (Å²) in [5.41, 5.74) is 3.21. The van der Waals surface area contributed by atoms with E-state index >= 15 is 0 Å². The molecule has 0 aromatic carbocycles. The minimum absolute atomic E-state index is 0.289. The molecule has 0 radical (unpaired) electrons. The van der Waals surface area contributed by atoms with E-state index in [-0.39, 0.29) is 5.41 Å². The fourth-order valence-electron chi connectivity index (χ4n) is 8.37. The summed E-state index contributed by atoms with van der Waals surface area (Å²) in [6, 6.07) is 0. The Labute approximate surface area is 160 Å². The van der Waals surface area contributed by atoms with Crippen LogP contribution in [0.25, 0.3) is 4.85 Å². The van der Waals surface area contributed by atoms with Crippen molar-refractivity contribution in [3.05, 3.63) is 22.7 Å². The van der Waals surface area contributed by atoms with E-state index in [1.807, 2.05) is 0 Å². The van der Waals surface area contributed by atoms with Crippen LogP contribution in [0.5, 0.6) is 0 Å². The van der Waals surface area contributed by atoms with Gasteiger partial charge in [0.15, 0.2) is 5.70 Å². The second-order valence-electron chi connectivity index (χ2n) is 10.7. The van der Waals surface area contributed by atoms with Crippen molar-refractivity contribution in [1.82, 2.24) is 0 Å². The zero-order valence-electron chi connectivity index (χ0n) is 17.2. The minimum Gasteiger partial charge on any atom is -0.396 e. The number of nitrogens with zero attached hydrogens (tertiary/aromatic N) is 1. The van der Waals surface area contributed by atoms with Gasteiger partial charge in [-0.25, -0.2) is 4.85 Å². The van der Waals surface area contributed by atoms with Crippen LogP contribution in [0, 0.1) is 52.9 Å². The van der Waals surface area contributed by atoms with E-state index in [0.29, 0.717) is 23.9 Å². The van der Waals surface area contributed by atoms with Crippen LogP contribution >= 0.6 is 0 Å². The summed E-state index contributed by atoms with van der Waals surface area (Å²) >= 11 is 0. The highest BCUT2D eigenvalue weighted by Crippen LogP contribution is 2.68. The van der Waals surface area contributed by atoms with Crippen molar-refractivity contribution in [2.45, 2.75) is 79.1 Å². The molecule has 8 atom stereocenters. The van der Waals surface area contributed by atoms with Gasteiger partial charge in [-0.05, 0) is 105 Å². The highest BCUT2D eigenvalue weighted by Gasteiger charge is 2.59. The van der Waals surface area contributed by atoms with Crippen LogP contribution in [0.1, 0.15) is 79.1 Å². The fourth-order valence-corrected chi connectivity index (χ4v) is 8.37. The number of fused-ring (bicyclic) bond motifs is 5. The van der Waals surface area contributed by atoms with Gasteiger partial charge >= 0.3 is 0 Å². The molecule has 4 aliphatic carbocycles. The quantitative estimate of drug-likeness (QED) is 0.567. The lowest BCUT2D eigenvalue weighted by Gasteiger charge is -2.62. The highest BCUT2D eigenvalue weighted by molar-refractivity contribution is 5.31. The summed E-state index contributed by atoms with van der Waals surface area (Å²) in [7, 11) is 0. The first-order chi connectivity index (χ1) is 12.3. The Balaban J connectivity index is 1.65. The first-order valence-corrected chi connectivity index (χ1v) is 11.0. The predicted octanol–water partition coefficient (Wildman–Crippen LogP) is 6.08. The Morgan fingerprint density at radius 3 is 2.65 bits per heavy atom. The molecule has 0 aromatic rings. The van der Waals surface area contributed by atoms with Gasteiger partial charge < -0.3 is 5.11 Å². The number of hydrogen-bond acceptors (Lipinski definition) is 1. The summed E-state index contributed by atoms with van der Waals surface area (Å²) in [6.07, 6.45) is 10.5. The monoisotopic (exact) mass is 355 g/mol. The number of allylic oxidation sites excluding steroid dienone is 2. The molecule has 0 aliphatic heterocycles. The summed E-state index contributed by atoms with van der Waals surface area (Å²) < 4.78 is 0. The molecule has 0 aromatic heterocycles. The van der Waals surface area contributed by atoms with Crippen LogP contribution in [0.2, 0.25) is 0 Å². The lowest BCUT2D eigenvalue weighted by Crippen LogP contribution is -2.54. The van der Waals surface area contributed by atoms with Gasteiger partial charge in [-0.2, -0.15) is 0 Å². The van der Waals surface area contributed by atoms with Crippen LogP contribution in [0.3, 0.4) is 0 Å². The lowest BCUT2D eigenvalue weighted by atomic mass is 9.43. The molecule has 0 heterocycles. The molecule has 144 valence electrons. The largest absolute Gasteiger partial charge is 0.396 e. The zero-order valence-corrected chi connectivity index (χ0v) is 17.2. The van der Waals surface area contributed by atoms with Gasteiger partial charge in [-0.3, -0.25) is 0 Å². The number of aliphatic hydroxyl groups excluding tert-OH is 1. The van der Waals surface area contributed by atoms with Gasteiger partial charge in [0, 0.05) is 6.61 Å². The lowest BCUT2D eigenvalue weighted by molar-refractivity contribution is -0.123. The maximum Gasteiger partial charge on any atom is 0.162 e. The minimum atomic E-state index is 0.289. The second kappa shape index (κ2) is 6.37. The Morgan fingerprint density at radius 1 is 1.19 bits per heavy atom. The van der Waals surface area contributed by atoms with Gasteiger partial charge in [0.25, 0.3) is 0 Å². The van der Waals surface area contributed by atoms with Crippen molar-refractivity contribution in [2.24, 2.45) is 46.3 Å². The third-order valence-corrected chi connectivity index (χ3v) is 9.85. The van der Waals surface area contributed by atoms with Crippen molar-refractivity contribution >= 4 is 0 Å². The Hall–Kier alpha value is -0.810. The highest BCUT2D eigenvalue weighted by atomic mass is 16.3. The third kappa shape index (κ3) is 2.46. The normalized spacial score (nSPS) is 52.5. The fraction of sp³-hybridized carbons (Fsp3) is 0.875. The molecular weight excluding hydrogens is 318 g/mol. The number of aliphatic hydroxyl groups is 1. The van der Waals surface area contributed by atoms with E-state index in [1.54, 1.807) is 0 Å². The SMILES string of the molecule is [C-]#[N+]/C(C)=C1/CC[C@H]2[C@@H]3CC[C@@H]4C[C@@H](C)[C@@H](CO)C[C@]4(C)[C@H]3CC[C@]12C. The Morgan fingerprint density at radius 2 is 1.96 bits per heavy atom. The number of rotatable bonds is 1. The van der Waals surface area contributed by atoms with Crippen LogP contribution in [0.15, 0.2) is 11.3 Å². The van der Waals surface area contributed by atoms with E-state index in [1.165, 1.54) is 50.5 Å². The first-order valence-electron chi connectivity index (χ1n) is 11.0. The van der Waals surface area contributed by atoms with Crippen molar-refractivity contribution in [3.63, 3.8) is 0 Å². The summed E-state index contributed by atoms with van der Waals surface area (Å²) in [4.78, 5) is 3.82. The average Bonchev–Trinajstić information content (AvgIpc) is 2.98. The van der Waals surface area contributed by atoms with Crippen molar-refractivity contribution in [3.8, 4) is 0 Å². The standard InChI is InChI=1S/C24H37NO/c1-15-12-18-6-7-19-21-9-8-20(16(2)25-5)23(21,3)11-10-22(19)24(18,4)13-17(15)14-26/h15,17-19,21-22,26H,6-14H2,1-4H3/b20-16-/t15-,17-,18-,19+,21+,22+,23-,24+/m1/s1. The molecule has 4 saturated carbocycles. The van der Waals surface area contributed by atoms with Crippen LogP contribution in [-0.4, -0.2) is 11.7 Å². The molecule has 26 heavy (non-hydrogen) atoms. The summed E-state index contributed by atoms with van der Waals surface area (Å²) in [6.45, 7) is 17.4. The molecule has 2 heteroatoms. The molecule has 1 N–H and O–H groups in total. The maximum atomic E-state index is 9.94. The van der Waals surface area contributed by atoms with Crippen molar-refractivity contribution in [2.75, 3.05) is 6.61 Å². The average molecular weight is 356 g/mol. The maximum absolute atomic E-state index is 9.94. The van der Waals surface area contributed by atoms with Gasteiger partial charge in [-0.15, -0.1) is 0 Å². The summed E-state index contributed by atoms with van der Waals surface area (Å²) in [5, 5.41) is 9.94. The van der Waals surface area contributed by atoms with Gasteiger partial charge in [0.1, 0.15) is 0 Å². The molecule has 4 rings (SSSR count). The molecule has 4 fully saturated rings.